The van der Waals surface area contributed by atoms with Gasteiger partial charge in [-0.2, -0.15) is 0 Å². The summed E-state index contributed by atoms with van der Waals surface area (Å²) in [7, 11) is 1.36. The summed E-state index contributed by atoms with van der Waals surface area (Å²) in [4.78, 5) is 11.5. The maximum atomic E-state index is 12.3. The van der Waals surface area contributed by atoms with Gasteiger partial charge in [-0.25, -0.2) is 4.79 Å². The Morgan fingerprint density at radius 1 is 1.24 bits per heavy atom. The van der Waals surface area contributed by atoms with Crippen LogP contribution in [0.4, 0.5) is 0 Å². The number of carbonyl (C=O) groups is 1. The highest BCUT2D eigenvalue weighted by atomic mass is 32.2. The van der Waals surface area contributed by atoms with Crippen LogP contribution in [0.2, 0.25) is 0 Å². The number of hydrogen-bond acceptors (Lipinski definition) is 4. The van der Waals surface area contributed by atoms with E-state index < -0.39 is 11.4 Å². The van der Waals surface area contributed by atoms with E-state index in [2.05, 4.69) is 18.6 Å². The van der Waals surface area contributed by atoms with Gasteiger partial charge in [0.15, 0.2) is 0 Å². The molecule has 0 bridgehead atoms. The maximum absolute atomic E-state index is 12.3. The van der Waals surface area contributed by atoms with Gasteiger partial charge in [0.25, 0.3) is 0 Å². The molecule has 0 radical (unpaired) electrons. The molecule has 0 unspecified atom stereocenters. The second kappa shape index (κ2) is 7.29. The molecular formula is C16H25NO3S. The van der Waals surface area contributed by atoms with E-state index in [1.165, 1.54) is 7.11 Å². The number of benzene rings is 1. The Morgan fingerprint density at radius 2 is 1.76 bits per heavy atom. The summed E-state index contributed by atoms with van der Waals surface area (Å²) in [5, 5.41) is 0. The number of hydrogen-bond donors (Lipinski definition) is 1. The first-order valence-electron chi connectivity index (χ1n) is 7.03. The van der Waals surface area contributed by atoms with Crippen LogP contribution >= 0.6 is 0 Å². The Morgan fingerprint density at radius 3 is 2.14 bits per heavy atom. The minimum Gasteiger partial charge on any atom is -0.598 e. The van der Waals surface area contributed by atoms with Crippen molar-refractivity contribution in [1.29, 1.82) is 0 Å². The predicted molar refractivity (Wildman–Crippen MR) is 86.4 cm³/mol. The lowest BCUT2D eigenvalue weighted by Gasteiger charge is -2.30. The Labute approximate surface area is 130 Å². The van der Waals surface area contributed by atoms with E-state index in [1.54, 1.807) is 12.1 Å². The van der Waals surface area contributed by atoms with Gasteiger partial charge in [0, 0.05) is 11.4 Å². The molecule has 0 aromatic heterocycles. The molecule has 0 fully saturated rings. The third-order valence-electron chi connectivity index (χ3n) is 3.15. The number of nitrogens with one attached hydrogen (secondary N) is 1. The van der Waals surface area contributed by atoms with Crippen LogP contribution < -0.4 is 4.72 Å². The molecule has 0 aliphatic carbocycles. The van der Waals surface area contributed by atoms with E-state index >= 15 is 0 Å². The number of ether oxygens (including phenoxy) is 1. The molecule has 5 heteroatoms. The molecule has 0 aliphatic heterocycles. The molecule has 0 spiro atoms. The molecule has 0 saturated carbocycles. The first kappa shape index (κ1) is 18.0. The normalized spacial score (nSPS) is 14.9. The molecule has 1 rings (SSSR count). The molecule has 2 atom stereocenters. The first-order chi connectivity index (χ1) is 9.66. The van der Waals surface area contributed by atoms with E-state index in [9.17, 15) is 9.35 Å². The van der Waals surface area contributed by atoms with Crippen LogP contribution in [-0.4, -0.2) is 22.4 Å². The summed E-state index contributed by atoms with van der Waals surface area (Å²) in [6, 6.07) is 7.20. The van der Waals surface area contributed by atoms with E-state index in [-0.39, 0.29) is 22.7 Å². The fourth-order valence-electron chi connectivity index (χ4n) is 1.83. The van der Waals surface area contributed by atoms with Gasteiger partial charge >= 0.3 is 5.97 Å². The third-order valence-corrected chi connectivity index (χ3v) is 4.73. The highest BCUT2D eigenvalue weighted by Crippen LogP contribution is 2.26. The van der Waals surface area contributed by atoms with E-state index in [1.807, 2.05) is 32.9 Å². The van der Waals surface area contributed by atoms with Gasteiger partial charge in [-0.05, 0) is 44.4 Å². The summed E-state index contributed by atoms with van der Waals surface area (Å²) in [6.45, 7) is 9.97. The number of rotatable bonds is 5. The zero-order chi connectivity index (χ0) is 16.2. The molecule has 1 aromatic rings. The van der Waals surface area contributed by atoms with Crippen molar-refractivity contribution < 1.29 is 14.1 Å². The number of methoxy groups -OCH3 is 1. The van der Waals surface area contributed by atoms with E-state index in [0.717, 1.165) is 5.56 Å². The smallest absolute Gasteiger partial charge is 0.337 e. The van der Waals surface area contributed by atoms with Crippen LogP contribution in [0, 0.1) is 5.92 Å². The molecule has 21 heavy (non-hydrogen) atoms. The highest BCUT2D eigenvalue weighted by molar-refractivity contribution is 7.90. The number of esters is 1. The highest BCUT2D eigenvalue weighted by Gasteiger charge is 2.31. The lowest BCUT2D eigenvalue weighted by Crippen LogP contribution is -2.42. The minimum atomic E-state index is -1.15. The summed E-state index contributed by atoms with van der Waals surface area (Å²) < 4.78 is 19.9. The molecule has 0 heterocycles. The van der Waals surface area contributed by atoms with Crippen molar-refractivity contribution in [2.75, 3.05) is 7.11 Å². The van der Waals surface area contributed by atoms with Crippen molar-refractivity contribution in [3.63, 3.8) is 0 Å². The third kappa shape index (κ3) is 5.02. The van der Waals surface area contributed by atoms with Crippen molar-refractivity contribution >= 4 is 17.3 Å². The van der Waals surface area contributed by atoms with Gasteiger partial charge in [0.1, 0.15) is 4.75 Å². The summed E-state index contributed by atoms with van der Waals surface area (Å²) in [5.41, 5.74) is 1.52. The molecule has 4 nitrogen and oxygen atoms in total. The van der Waals surface area contributed by atoms with Gasteiger partial charge in [-0.1, -0.05) is 26.0 Å². The average Bonchev–Trinajstić information content (AvgIpc) is 2.42. The fourth-order valence-corrected chi connectivity index (χ4v) is 2.82. The van der Waals surface area contributed by atoms with Crippen LogP contribution in [0.1, 0.15) is 56.6 Å². The molecule has 0 amide bonds. The largest absolute Gasteiger partial charge is 0.598 e. The summed E-state index contributed by atoms with van der Waals surface area (Å²) in [6.07, 6.45) is 0. The Kier molecular flexibility index (Phi) is 6.25. The topological polar surface area (TPSA) is 61.4 Å². The predicted octanol–water partition coefficient (Wildman–Crippen LogP) is 3.22. The Bertz CT molecular complexity index is 465. The molecule has 118 valence electrons. The van der Waals surface area contributed by atoms with Crippen LogP contribution in [-0.2, 0) is 16.1 Å². The molecule has 1 aromatic carbocycles. The average molecular weight is 311 g/mol. The lowest BCUT2D eigenvalue weighted by molar-refractivity contribution is 0.0600. The SMILES string of the molecule is COC(=O)c1ccc([C@@H](N[S@@+]([O-])C(C)(C)C)C(C)C)cc1. The van der Waals surface area contributed by atoms with Crippen LogP contribution in [0.5, 0.6) is 0 Å². The zero-order valence-corrected chi connectivity index (χ0v) is 14.4. The second-order valence-electron chi connectivity index (χ2n) is 6.33. The molecular weight excluding hydrogens is 286 g/mol. The first-order valence-corrected chi connectivity index (χ1v) is 8.18. The molecule has 0 aliphatic rings. The second-order valence-corrected chi connectivity index (χ2v) is 8.33. The maximum Gasteiger partial charge on any atom is 0.337 e. The standard InChI is InChI=1S/C16H25NO3S/c1-11(2)14(17-21(19)16(3,4)5)12-7-9-13(10-8-12)15(18)20-6/h7-11,14,17H,1-6H3/t14-,21-/m0/s1. The lowest BCUT2D eigenvalue weighted by atomic mass is 9.96. The van der Waals surface area contributed by atoms with Crippen LogP contribution in [0.3, 0.4) is 0 Å². The van der Waals surface area contributed by atoms with Crippen molar-refractivity contribution in [2.24, 2.45) is 5.92 Å². The van der Waals surface area contributed by atoms with E-state index in [4.69, 9.17) is 4.74 Å². The Hall–Kier alpha value is -1.04. The summed E-state index contributed by atoms with van der Waals surface area (Å²) in [5.74, 6) is -0.0749. The van der Waals surface area contributed by atoms with Gasteiger partial charge in [0.05, 0.1) is 18.7 Å². The monoisotopic (exact) mass is 311 g/mol. The molecule has 1 N–H and O–H groups in total. The van der Waals surface area contributed by atoms with Gasteiger partial charge in [-0.15, -0.1) is 4.72 Å². The van der Waals surface area contributed by atoms with E-state index in [0.29, 0.717) is 5.56 Å². The van der Waals surface area contributed by atoms with Gasteiger partial charge in [0.2, 0.25) is 0 Å². The van der Waals surface area contributed by atoms with Gasteiger partial charge < -0.3 is 9.29 Å². The fraction of sp³-hybridized carbons (Fsp3) is 0.562. The Balaban J connectivity index is 2.94. The van der Waals surface area contributed by atoms with Crippen molar-refractivity contribution in [1.82, 2.24) is 4.72 Å². The van der Waals surface area contributed by atoms with Crippen molar-refractivity contribution in [2.45, 2.75) is 45.4 Å². The zero-order valence-electron chi connectivity index (χ0n) is 13.6. The van der Waals surface area contributed by atoms with Gasteiger partial charge in [-0.3, -0.25) is 0 Å². The van der Waals surface area contributed by atoms with Crippen LogP contribution in [0.15, 0.2) is 24.3 Å². The molecule has 0 saturated heterocycles. The quantitative estimate of drug-likeness (QED) is 0.670. The minimum absolute atomic E-state index is 0.0308. The van der Waals surface area contributed by atoms with Crippen molar-refractivity contribution in [3.05, 3.63) is 35.4 Å². The summed E-state index contributed by atoms with van der Waals surface area (Å²) >= 11 is -1.15. The number of carbonyl (C=O) groups excluding carboxylic acids is 1. The van der Waals surface area contributed by atoms with Crippen molar-refractivity contribution in [3.8, 4) is 0 Å². The van der Waals surface area contributed by atoms with Crippen LogP contribution in [0.25, 0.3) is 0 Å².